The molecule has 0 unspecified atom stereocenters. The normalized spacial score (nSPS) is 10.9. The Hall–Kier alpha value is -1.30. The summed E-state index contributed by atoms with van der Waals surface area (Å²) < 4.78 is 18.0. The molecule has 2 nitrogen and oxygen atoms in total. The van der Waals surface area contributed by atoms with Crippen LogP contribution >= 0.6 is 0 Å². The second-order valence-corrected chi connectivity index (χ2v) is 5.21. The van der Waals surface area contributed by atoms with Crippen molar-refractivity contribution >= 4 is 5.97 Å². The maximum Gasteiger partial charge on any atom is 0.305 e. The summed E-state index contributed by atoms with van der Waals surface area (Å²) in [5.74, 6) is 5.48. The van der Waals surface area contributed by atoms with Crippen molar-refractivity contribution in [1.82, 2.24) is 0 Å². The topological polar surface area (TPSA) is 26.3 Å². The molecule has 0 heterocycles. The van der Waals surface area contributed by atoms with Gasteiger partial charge in [0.2, 0.25) is 0 Å². The first-order valence-corrected chi connectivity index (χ1v) is 8.10. The maximum atomic E-state index is 13.4. The Morgan fingerprint density at radius 3 is 2.29 bits per heavy atom. The van der Waals surface area contributed by atoms with E-state index in [1.54, 1.807) is 0 Å². The minimum Gasteiger partial charge on any atom is -0.469 e. The molecule has 0 aliphatic heterocycles. The number of carbonyl (C=O) groups excluding carboxylic acids is 1. The van der Waals surface area contributed by atoms with E-state index in [2.05, 4.69) is 23.5 Å². The molecular weight excluding hydrogens is 267 g/mol. The van der Waals surface area contributed by atoms with Gasteiger partial charge in [0.05, 0.1) is 7.11 Å². The first-order valence-electron chi connectivity index (χ1n) is 8.10. The Morgan fingerprint density at radius 2 is 1.67 bits per heavy atom. The van der Waals surface area contributed by atoms with E-state index in [1.165, 1.54) is 13.2 Å². The molecule has 0 saturated carbocycles. The van der Waals surface area contributed by atoms with Crippen LogP contribution in [0, 0.1) is 11.8 Å². The van der Waals surface area contributed by atoms with Crippen LogP contribution in [0.5, 0.6) is 0 Å². The number of methoxy groups -OCH3 is 1. The molecule has 0 rings (SSSR count). The van der Waals surface area contributed by atoms with Crippen LogP contribution in [0.2, 0.25) is 0 Å². The third-order valence-corrected chi connectivity index (χ3v) is 3.26. The smallest absolute Gasteiger partial charge is 0.305 e. The van der Waals surface area contributed by atoms with Crippen molar-refractivity contribution in [3.05, 3.63) is 11.9 Å². The lowest BCUT2D eigenvalue weighted by atomic mass is 10.1. The van der Waals surface area contributed by atoms with Crippen LogP contribution in [-0.4, -0.2) is 13.1 Å². The van der Waals surface area contributed by atoms with Crippen molar-refractivity contribution in [3.8, 4) is 11.8 Å². The Balaban J connectivity index is 3.42. The predicted molar refractivity (Wildman–Crippen MR) is 85.4 cm³/mol. The third-order valence-electron chi connectivity index (χ3n) is 3.26. The molecule has 0 N–H and O–H groups in total. The standard InChI is InChI=1S/C18H29FO2/c1-3-4-5-8-11-14-17(19)15-12-9-6-7-10-13-16-18(20)21-2/h14H,3-7,9-10,12-13,15-16H2,1-2H3/b17-14-. The molecule has 120 valence electrons. The molecule has 0 aliphatic rings. The molecule has 0 aromatic rings. The zero-order valence-corrected chi connectivity index (χ0v) is 13.5. The van der Waals surface area contributed by atoms with Crippen molar-refractivity contribution in [1.29, 1.82) is 0 Å². The Bertz CT molecular complexity index is 350. The number of allylic oxidation sites excluding steroid dienone is 2. The Labute approximate surface area is 129 Å². The van der Waals surface area contributed by atoms with Crippen molar-refractivity contribution in [2.75, 3.05) is 7.11 Å². The summed E-state index contributed by atoms with van der Waals surface area (Å²) in [6, 6.07) is 0. The van der Waals surface area contributed by atoms with Gasteiger partial charge >= 0.3 is 5.97 Å². The first kappa shape index (κ1) is 19.7. The molecule has 0 saturated heterocycles. The van der Waals surface area contributed by atoms with Gasteiger partial charge in [-0.15, -0.1) is 0 Å². The second-order valence-electron chi connectivity index (χ2n) is 5.21. The van der Waals surface area contributed by atoms with Crippen molar-refractivity contribution < 1.29 is 13.9 Å². The summed E-state index contributed by atoms with van der Waals surface area (Å²) in [4.78, 5) is 10.9. The monoisotopic (exact) mass is 296 g/mol. The number of carbonyl (C=O) groups is 1. The quantitative estimate of drug-likeness (QED) is 0.293. The van der Waals surface area contributed by atoms with Crippen LogP contribution in [-0.2, 0) is 9.53 Å². The molecule has 3 heteroatoms. The summed E-state index contributed by atoms with van der Waals surface area (Å²) in [6.07, 6.45) is 11.5. The summed E-state index contributed by atoms with van der Waals surface area (Å²) in [5, 5.41) is 0. The van der Waals surface area contributed by atoms with Gasteiger partial charge in [0.25, 0.3) is 0 Å². The van der Waals surface area contributed by atoms with E-state index >= 15 is 0 Å². The Morgan fingerprint density at radius 1 is 1.05 bits per heavy atom. The fourth-order valence-corrected chi connectivity index (χ4v) is 1.91. The van der Waals surface area contributed by atoms with E-state index in [0.29, 0.717) is 12.8 Å². The van der Waals surface area contributed by atoms with E-state index in [0.717, 1.165) is 57.8 Å². The minimum absolute atomic E-state index is 0.107. The zero-order chi connectivity index (χ0) is 15.8. The molecular formula is C18H29FO2. The molecule has 0 bridgehead atoms. The van der Waals surface area contributed by atoms with E-state index in [-0.39, 0.29) is 11.8 Å². The molecule has 0 aromatic carbocycles. The lowest BCUT2D eigenvalue weighted by Gasteiger charge is -2.01. The molecule has 0 amide bonds. The van der Waals surface area contributed by atoms with Crippen molar-refractivity contribution in [3.63, 3.8) is 0 Å². The van der Waals surface area contributed by atoms with Gasteiger partial charge in [-0.25, -0.2) is 4.39 Å². The van der Waals surface area contributed by atoms with Gasteiger partial charge in [-0.2, -0.15) is 0 Å². The van der Waals surface area contributed by atoms with E-state index in [9.17, 15) is 9.18 Å². The number of halogens is 1. The highest BCUT2D eigenvalue weighted by molar-refractivity contribution is 5.68. The van der Waals surface area contributed by atoms with Gasteiger partial charge < -0.3 is 4.74 Å². The van der Waals surface area contributed by atoms with Crippen LogP contribution in [0.4, 0.5) is 4.39 Å². The fraction of sp³-hybridized carbons (Fsp3) is 0.722. The Kier molecular flexibility index (Phi) is 14.2. The van der Waals surface area contributed by atoms with E-state index < -0.39 is 0 Å². The summed E-state index contributed by atoms with van der Waals surface area (Å²) in [6.45, 7) is 2.12. The highest BCUT2D eigenvalue weighted by Crippen LogP contribution is 2.13. The second kappa shape index (κ2) is 15.1. The summed E-state index contributed by atoms with van der Waals surface area (Å²) >= 11 is 0. The highest BCUT2D eigenvalue weighted by Gasteiger charge is 1.99. The molecule has 21 heavy (non-hydrogen) atoms. The number of hydrogen-bond acceptors (Lipinski definition) is 2. The van der Waals surface area contributed by atoms with E-state index in [4.69, 9.17) is 0 Å². The lowest BCUT2D eigenvalue weighted by Crippen LogP contribution is -1.99. The third kappa shape index (κ3) is 14.9. The highest BCUT2D eigenvalue weighted by atomic mass is 19.1. The van der Waals surface area contributed by atoms with Crippen LogP contribution < -0.4 is 0 Å². The molecule has 0 spiro atoms. The van der Waals surface area contributed by atoms with Crippen LogP contribution in [0.15, 0.2) is 11.9 Å². The fourth-order valence-electron chi connectivity index (χ4n) is 1.91. The van der Waals surface area contributed by atoms with Gasteiger partial charge in [0.1, 0.15) is 5.83 Å². The number of rotatable bonds is 11. The first-order chi connectivity index (χ1) is 10.2. The molecule has 0 radical (unpaired) electrons. The van der Waals surface area contributed by atoms with Gasteiger partial charge in [-0.05, 0) is 25.7 Å². The summed E-state index contributed by atoms with van der Waals surface area (Å²) in [5.41, 5.74) is 0. The van der Waals surface area contributed by atoms with Gasteiger partial charge in [0, 0.05) is 18.9 Å². The maximum absolute atomic E-state index is 13.4. The molecule has 0 aliphatic carbocycles. The van der Waals surface area contributed by atoms with Crippen molar-refractivity contribution in [2.45, 2.75) is 77.6 Å². The average Bonchev–Trinajstić information content (AvgIpc) is 2.49. The molecule has 0 atom stereocenters. The molecule has 0 aromatic heterocycles. The van der Waals surface area contributed by atoms with Crippen LogP contribution in [0.3, 0.4) is 0 Å². The summed E-state index contributed by atoms with van der Waals surface area (Å²) in [7, 11) is 1.42. The minimum atomic E-state index is -0.137. The van der Waals surface area contributed by atoms with Crippen molar-refractivity contribution in [2.24, 2.45) is 0 Å². The zero-order valence-electron chi connectivity index (χ0n) is 13.5. The van der Waals surface area contributed by atoms with Gasteiger partial charge in [0.15, 0.2) is 0 Å². The van der Waals surface area contributed by atoms with Crippen LogP contribution in [0.25, 0.3) is 0 Å². The largest absolute Gasteiger partial charge is 0.469 e. The number of unbranched alkanes of at least 4 members (excludes halogenated alkanes) is 7. The van der Waals surface area contributed by atoms with Crippen LogP contribution in [0.1, 0.15) is 77.6 Å². The molecule has 0 fully saturated rings. The average molecular weight is 296 g/mol. The van der Waals surface area contributed by atoms with Gasteiger partial charge in [-0.3, -0.25) is 4.79 Å². The van der Waals surface area contributed by atoms with Gasteiger partial charge in [-0.1, -0.05) is 50.9 Å². The lowest BCUT2D eigenvalue weighted by molar-refractivity contribution is -0.140. The number of hydrogen-bond donors (Lipinski definition) is 0. The number of esters is 1. The van der Waals surface area contributed by atoms with E-state index in [1.807, 2.05) is 0 Å². The number of ether oxygens (including phenoxy) is 1. The predicted octanol–water partition coefficient (Wildman–Crippen LogP) is 5.33. The SMILES string of the molecule is CCCCC#C/C=C(\F)CCCCCCCCC(=O)OC.